The zero-order valence-electron chi connectivity index (χ0n) is 80.0. The molecule has 0 aliphatic carbocycles. The van der Waals surface area contributed by atoms with E-state index in [4.69, 9.17) is 38.4 Å². The molecule has 40 heteroatoms. The van der Waals surface area contributed by atoms with E-state index in [1.165, 1.54) is 70.4 Å². The van der Waals surface area contributed by atoms with Crippen LogP contribution < -0.4 is 94.4 Å². The zero-order chi connectivity index (χ0) is 106. The number of ether oxygens (including phenoxy) is 1. The van der Waals surface area contributed by atoms with Crippen molar-refractivity contribution >= 4 is 117 Å². The number of carbonyl (C=O) groups is 1. The molecule has 0 radical (unpaired) electrons. The molecule has 150 heavy (non-hydrogen) atoms. The summed E-state index contributed by atoms with van der Waals surface area (Å²) in [5.41, 5.74) is -7.57. The average molecular weight is 2040 g/mol. The van der Waals surface area contributed by atoms with Crippen LogP contribution in [0.15, 0.2) is 372 Å². The summed E-state index contributed by atoms with van der Waals surface area (Å²) in [6, 6.07) is 76.5. The number of hydrogen-bond donors (Lipinski definition) is 4. The molecule has 748 valence electrons. The largest absolute Gasteiger partial charge is 0.506 e. The van der Waals surface area contributed by atoms with E-state index in [1.54, 1.807) is 211 Å². The number of rotatable bonds is 9. The normalized spacial score (nSPS) is 11.6. The molecule has 23 rings (SSSR count). The number of amides is 1. The number of halogens is 1. The van der Waals surface area contributed by atoms with Crippen molar-refractivity contribution in [3.8, 4) is 96.1 Å². The van der Waals surface area contributed by atoms with Crippen molar-refractivity contribution < 1.29 is 52.0 Å². The summed E-state index contributed by atoms with van der Waals surface area (Å²) in [5, 5.41) is 41.9. The molecule has 1 amide bonds. The highest BCUT2D eigenvalue weighted by molar-refractivity contribution is 6.33. The van der Waals surface area contributed by atoms with Crippen LogP contribution >= 0.6 is 11.6 Å². The Morgan fingerprint density at radius 2 is 0.680 bits per heavy atom. The van der Waals surface area contributed by atoms with E-state index in [9.17, 15) is 102 Å². The lowest BCUT2D eigenvalue weighted by molar-refractivity contribution is 0.172. The summed E-state index contributed by atoms with van der Waals surface area (Å²) < 4.78 is 44.8. The zero-order valence-corrected chi connectivity index (χ0v) is 80.8. The molecule has 0 spiro atoms. The van der Waals surface area contributed by atoms with Crippen molar-refractivity contribution in [1.29, 1.82) is 0 Å². The van der Waals surface area contributed by atoms with E-state index in [-0.39, 0.29) is 116 Å². The van der Waals surface area contributed by atoms with Gasteiger partial charge < -0.3 is 56.7 Å². The number of pyridine rings is 5. The Balaban J connectivity index is 0.000000119. The smallest absolute Gasteiger partial charge is 0.414 e. The van der Waals surface area contributed by atoms with Crippen LogP contribution in [-0.4, -0.2) is 95.8 Å². The molecule has 0 saturated carbocycles. The second kappa shape index (κ2) is 39.0. The quantitative estimate of drug-likeness (QED) is 0.0975. The van der Waals surface area contributed by atoms with E-state index in [0.29, 0.717) is 51.4 Å². The summed E-state index contributed by atoms with van der Waals surface area (Å²) in [6.07, 6.45) is 1.01. The Morgan fingerprint density at radius 1 is 0.327 bits per heavy atom. The van der Waals surface area contributed by atoms with Crippen LogP contribution in [0.3, 0.4) is 0 Å². The van der Waals surface area contributed by atoms with Gasteiger partial charge in [0.15, 0.2) is 38.9 Å². The molecule has 13 aromatic heterocycles. The first-order valence-corrected chi connectivity index (χ1v) is 46.1. The third-order valence-electron chi connectivity index (χ3n) is 25.5. The van der Waals surface area contributed by atoms with Crippen molar-refractivity contribution in [2.45, 2.75) is 19.4 Å². The maximum Gasteiger partial charge on any atom is 0.414 e. The van der Waals surface area contributed by atoms with Gasteiger partial charge in [0.25, 0.3) is 44.5 Å². The highest BCUT2D eigenvalue weighted by Crippen LogP contribution is 2.40. The number of fused-ring (bicyclic) bond motifs is 12. The fourth-order valence-electron chi connectivity index (χ4n) is 18.5. The molecule has 22 aromatic rings. The van der Waals surface area contributed by atoms with Crippen LogP contribution in [0.25, 0.3) is 166 Å². The molecule has 0 fully saturated rings. The predicted octanol–water partition coefficient (Wildman–Crippen LogP) is 11.7. The van der Waals surface area contributed by atoms with Gasteiger partial charge in [0.1, 0.15) is 99.6 Å². The Bertz CT molecular complexity index is 10600. The third kappa shape index (κ3) is 16.5. The number of aryl methyl sites for hydroxylation is 6. The second-order valence-corrected chi connectivity index (χ2v) is 35.0. The maximum atomic E-state index is 14.0. The van der Waals surface area contributed by atoms with Gasteiger partial charge in [0, 0.05) is 80.1 Å². The van der Waals surface area contributed by atoms with Crippen molar-refractivity contribution in [2.75, 3.05) is 14.1 Å². The van der Waals surface area contributed by atoms with Gasteiger partial charge in [-0.25, -0.2) is 52.3 Å². The van der Waals surface area contributed by atoms with Gasteiger partial charge in [-0.15, -0.1) is 0 Å². The molecule has 9 aromatic carbocycles. The fraction of sp³-hybridized carbons (Fsp3) is 0.100. The number of aromatic nitrogens is 11. The molecule has 0 saturated heterocycles. The van der Waals surface area contributed by atoms with Crippen LogP contribution in [0.1, 0.15) is 12.0 Å². The number of para-hydroxylation sites is 5. The summed E-state index contributed by atoms with van der Waals surface area (Å²) in [6.45, 7) is 0.568. The molecule has 1 aliphatic heterocycles. The topological polar surface area (TPSA) is 504 Å². The molecule has 14 heterocycles. The third-order valence-corrected chi connectivity index (χ3v) is 25.8. The monoisotopic (exact) mass is 2030 g/mol. The van der Waals surface area contributed by atoms with E-state index in [0.717, 1.165) is 72.1 Å². The van der Waals surface area contributed by atoms with Crippen LogP contribution in [0.5, 0.6) is 28.7 Å². The van der Waals surface area contributed by atoms with Gasteiger partial charge in [-0.1, -0.05) is 218 Å². The van der Waals surface area contributed by atoms with E-state index in [2.05, 4.69) is 0 Å². The maximum absolute atomic E-state index is 14.0. The van der Waals surface area contributed by atoms with Crippen molar-refractivity contribution in [3.63, 3.8) is 0 Å². The van der Waals surface area contributed by atoms with Crippen LogP contribution in [-0.2, 0) is 55.3 Å². The highest BCUT2D eigenvalue weighted by Gasteiger charge is 2.34. The Kier molecular flexibility index (Phi) is 25.6. The number of benzene rings is 9. The molecular formula is C110H79ClN12O27. The summed E-state index contributed by atoms with van der Waals surface area (Å²) in [4.78, 5) is 221. The molecule has 0 atom stereocenters. The summed E-state index contributed by atoms with van der Waals surface area (Å²) in [7, 11) is 11.1. The van der Waals surface area contributed by atoms with E-state index >= 15 is 0 Å². The highest BCUT2D eigenvalue weighted by atomic mass is 35.5. The molecule has 39 nitrogen and oxygen atoms in total. The SMILES string of the molecule is CN(C)C(=O)Oc1cc(=O)oc2cc(-c3ccccc3)n(-c3ccccc3)c(=O)c12.Cn1c(=O)c2c(O)c(-c3ccccc3)c(=O)oc2c2c(=O)n(-c3ccccc3)c(=O)n(-c3ccccc3)c21.Cn1c(=O)c2c3oc(=O)c(-c4ccccc4)c(O)c3c(=O)n(-c3ccccc3)c2n(C)c1=O.Cn1c(=O)c2c3oc(=O)c(-c4ccccc4)c(O)c3c(=O)n(C)c2n(C)c1=O.O=c1oc2c(c(O)c1Cl)c(=O)n1c3c(cccc23)CCC1. The molecular weight excluding hydrogens is 1960 g/mol. The lowest BCUT2D eigenvalue weighted by atomic mass is 10.00. The Labute approximate surface area is 840 Å². The van der Waals surface area contributed by atoms with Crippen molar-refractivity contribution in [3.05, 3.63) is 450 Å². The number of aromatic hydroxyl groups is 4. The van der Waals surface area contributed by atoms with Gasteiger partial charge >= 0.3 is 51.3 Å². The van der Waals surface area contributed by atoms with Crippen LogP contribution in [0.2, 0.25) is 5.02 Å². The van der Waals surface area contributed by atoms with Gasteiger partial charge in [-0.3, -0.25) is 74.9 Å². The first kappa shape index (κ1) is 98.4. The van der Waals surface area contributed by atoms with Crippen molar-refractivity contribution in [1.82, 2.24) is 55.1 Å². The lowest BCUT2D eigenvalue weighted by Gasteiger charge is -2.20. The first-order chi connectivity index (χ1) is 72.0. The minimum absolute atomic E-state index is 0.00772. The molecule has 0 unspecified atom stereocenters. The Morgan fingerprint density at radius 3 is 1.13 bits per heavy atom. The molecule has 1 aliphatic rings. The second-order valence-electron chi connectivity index (χ2n) is 34.6. The van der Waals surface area contributed by atoms with Crippen molar-refractivity contribution in [2.24, 2.45) is 42.3 Å². The lowest BCUT2D eigenvalue weighted by Crippen LogP contribution is -2.40. The van der Waals surface area contributed by atoms with Crippen LogP contribution in [0.4, 0.5) is 4.79 Å². The van der Waals surface area contributed by atoms with E-state index in [1.807, 2.05) is 60.7 Å². The standard InChI is InChI=1S/C29H19N3O6.C24H17N3O6.C23H18N2O5.C19H15N3O6.C15H10ClNO4/c1-30-25-22(24-21(26(30)34)23(33)20(28(36)38-24)17-11-5-2-6-12-17)27(35)32(19-15-9-4-10-16-19)29(37)31(25)18-13-7-3-8-14-18;1-25-20-17(21(29)26(2)24(25)32)19-16(22(30)27(20)14-11-7-4-8-12-14)18(28)15(23(31)33-19)13-9-5-3-6-10-13;1-24(2)23(28)30-19-14-20(26)29-18-13-17(15-9-5-3-6-10-15)25(22(27)21(18)19)16-11-7-4-8-12-16;1-20-15-12(17(25)22(3)19(27)21(15)2)14-11(16(20)24)13(23)10(18(26)28-14)9-7-5-4-6-8-9;16-10-12(18)9-13(21-15(10)20)8-5-1-3-7-4-2-6-17(11(7)8)14(9)19/h2-16,33H,1H3;3-12,28H,1-2H3;3-14H,1-2H3;4-8,23H,1-3H3;1,3,5,18H,2,4,6H2. The van der Waals surface area contributed by atoms with Crippen LogP contribution in [0, 0.1) is 0 Å². The molecule has 0 bridgehead atoms. The van der Waals surface area contributed by atoms with Gasteiger partial charge in [-0.05, 0) is 95.3 Å². The van der Waals surface area contributed by atoms with Gasteiger partial charge in [-0.2, -0.15) is 0 Å². The fourth-order valence-corrected chi connectivity index (χ4v) is 18.6. The number of nitrogens with zero attached hydrogens (tertiary/aromatic N) is 12. The summed E-state index contributed by atoms with van der Waals surface area (Å²) in [5.74, 6) is -2.42. The summed E-state index contributed by atoms with van der Waals surface area (Å²) >= 11 is 5.72. The van der Waals surface area contributed by atoms with E-state index < -0.39 is 124 Å². The first-order valence-electron chi connectivity index (χ1n) is 45.7. The van der Waals surface area contributed by atoms with Gasteiger partial charge in [0.2, 0.25) is 0 Å². The Hall–Kier alpha value is -20.4. The number of hydrogen-bond acceptors (Lipinski definition) is 27. The average Bonchev–Trinajstić information content (AvgIpc) is 0.707. The van der Waals surface area contributed by atoms with Gasteiger partial charge in [0.05, 0.1) is 34.3 Å². The predicted molar refractivity (Wildman–Crippen MR) is 562 cm³/mol. The molecule has 4 N–H and O–H groups in total. The number of carbonyl (C=O) groups excluding carboxylic acids is 1. The minimum Gasteiger partial charge on any atom is -0.506 e. The minimum atomic E-state index is -0.932.